The van der Waals surface area contributed by atoms with Crippen molar-refractivity contribution >= 4 is 23.2 Å². The van der Waals surface area contributed by atoms with E-state index in [1.165, 1.54) is 0 Å². The molecule has 3 heteroatoms. The molecule has 17 heavy (non-hydrogen) atoms. The van der Waals surface area contributed by atoms with Crippen molar-refractivity contribution in [3.63, 3.8) is 0 Å². The highest BCUT2D eigenvalue weighted by Crippen LogP contribution is 2.25. The van der Waals surface area contributed by atoms with Gasteiger partial charge in [-0.25, -0.2) is 0 Å². The predicted octanol–water partition coefficient (Wildman–Crippen LogP) is 4.57. The van der Waals surface area contributed by atoms with Gasteiger partial charge in [-0.3, -0.25) is 4.98 Å². The maximum atomic E-state index is 6.35. The fraction of sp³-hybridized carbons (Fsp3) is 0.214. The zero-order valence-electron chi connectivity index (χ0n) is 9.53. The second kappa shape index (κ2) is 5.52. The Kier molecular flexibility index (Phi) is 4.03. The van der Waals surface area contributed by atoms with E-state index >= 15 is 0 Å². The number of alkyl halides is 1. The normalized spacial score (nSPS) is 12.4. The van der Waals surface area contributed by atoms with Gasteiger partial charge >= 0.3 is 0 Å². The van der Waals surface area contributed by atoms with Crippen molar-refractivity contribution < 1.29 is 0 Å². The fourth-order valence-corrected chi connectivity index (χ4v) is 2.02. The van der Waals surface area contributed by atoms with E-state index < -0.39 is 0 Å². The van der Waals surface area contributed by atoms with Crippen LogP contribution in [0.25, 0.3) is 0 Å². The number of rotatable bonds is 3. The first-order valence-electron chi connectivity index (χ1n) is 5.46. The van der Waals surface area contributed by atoms with Gasteiger partial charge in [0.1, 0.15) is 0 Å². The molecule has 88 valence electrons. The summed E-state index contributed by atoms with van der Waals surface area (Å²) < 4.78 is 0. The molecule has 1 aromatic carbocycles. The lowest BCUT2D eigenvalue weighted by atomic mass is 10.1. The number of nitrogens with zero attached hydrogens (tertiary/aromatic N) is 1. The van der Waals surface area contributed by atoms with Gasteiger partial charge in [0.15, 0.2) is 0 Å². The van der Waals surface area contributed by atoms with Crippen molar-refractivity contribution in [2.75, 3.05) is 0 Å². The van der Waals surface area contributed by atoms with Crippen molar-refractivity contribution in [2.45, 2.75) is 18.7 Å². The maximum absolute atomic E-state index is 6.35. The minimum absolute atomic E-state index is 0.0672. The average molecular weight is 266 g/mol. The molecule has 1 atom stereocenters. The highest BCUT2D eigenvalue weighted by atomic mass is 35.5. The second-order valence-corrected chi connectivity index (χ2v) is 5.01. The summed E-state index contributed by atoms with van der Waals surface area (Å²) in [5.41, 5.74) is 3.23. The minimum atomic E-state index is -0.0672. The van der Waals surface area contributed by atoms with Gasteiger partial charge in [0.25, 0.3) is 0 Å². The van der Waals surface area contributed by atoms with E-state index in [9.17, 15) is 0 Å². The Balaban J connectivity index is 2.08. The molecule has 1 unspecified atom stereocenters. The first-order chi connectivity index (χ1) is 8.15. The summed E-state index contributed by atoms with van der Waals surface area (Å²) in [5, 5.41) is 0.661. The van der Waals surface area contributed by atoms with E-state index in [0.717, 1.165) is 28.3 Å². The summed E-state index contributed by atoms with van der Waals surface area (Å²) >= 11 is 12.2. The monoisotopic (exact) mass is 265 g/mol. The lowest BCUT2D eigenvalue weighted by Crippen LogP contribution is -1.98. The van der Waals surface area contributed by atoms with Crippen LogP contribution in [0, 0.1) is 6.92 Å². The quantitative estimate of drug-likeness (QED) is 0.742. The second-order valence-electron chi connectivity index (χ2n) is 4.05. The van der Waals surface area contributed by atoms with Crippen molar-refractivity contribution in [1.29, 1.82) is 0 Å². The Morgan fingerprint density at radius 3 is 2.41 bits per heavy atom. The Morgan fingerprint density at radius 1 is 1.12 bits per heavy atom. The summed E-state index contributed by atoms with van der Waals surface area (Å²) in [6.45, 7) is 2.02. The van der Waals surface area contributed by atoms with E-state index in [2.05, 4.69) is 4.98 Å². The largest absolute Gasteiger partial charge is 0.261 e. The van der Waals surface area contributed by atoms with Crippen LogP contribution in [0.1, 0.15) is 22.2 Å². The molecule has 1 nitrogen and oxygen atoms in total. The van der Waals surface area contributed by atoms with E-state index in [0.29, 0.717) is 0 Å². The molecule has 0 radical (unpaired) electrons. The zero-order chi connectivity index (χ0) is 12.3. The van der Waals surface area contributed by atoms with Crippen LogP contribution < -0.4 is 0 Å². The molecule has 0 spiro atoms. The molecule has 0 aliphatic rings. The number of halogens is 2. The average Bonchev–Trinajstić information content (AvgIpc) is 2.33. The van der Waals surface area contributed by atoms with Crippen LogP contribution >= 0.6 is 23.2 Å². The Morgan fingerprint density at radius 2 is 1.82 bits per heavy atom. The van der Waals surface area contributed by atoms with Gasteiger partial charge in [-0.1, -0.05) is 29.8 Å². The number of pyridine rings is 1. The standard InChI is InChI=1S/C14H13Cl2N/c1-10-2-7-13(17-9-10)8-14(16)11-3-5-12(15)6-4-11/h2-7,9,14H,8H2,1H3. The zero-order valence-corrected chi connectivity index (χ0v) is 11.0. The van der Waals surface area contributed by atoms with Crippen LogP contribution in [0.5, 0.6) is 0 Å². The number of hydrogen-bond donors (Lipinski definition) is 0. The van der Waals surface area contributed by atoms with E-state index in [1.807, 2.05) is 49.5 Å². The highest BCUT2D eigenvalue weighted by Gasteiger charge is 2.09. The number of benzene rings is 1. The molecule has 0 amide bonds. The molecule has 0 fully saturated rings. The van der Waals surface area contributed by atoms with Gasteiger partial charge in [-0.2, -0.15) is 0 Å². The first-order valence-corrected chi connectivity index (χ1v) is 6.27. The lowest BCUT2D eigenvalue weighted by molar-refractivity contribution is 0.879. The van der Waals surface area contributed by atoms with Crippen molar-refractivity contribution in [3.8, 4) is 0 Å². The van der Waals surface area contributed by atoms with Gasteiger partial charge in [0.05, 0.1) is 5.38 Å². The van der Waals surface area contributed by atoms with E-state index in [-0.39, 0.29) is 5.38 Å². The molecule has 0 aliphatic heterocycles. The van der Waals surface area contributed by atoms with Crippen molar-refractivity contribution in [2.24, 2.45) is 0 Å². The fourth-order valence-electron chi connectivity index (χ4n) is 1.59. The summed E-state index contributed by atoms with van der Waals surface area (Å²) in [6.07, 6.45) is 2.59. The Hall–Kier alpha value is -1.05. The van der Waals surface area contributed by atoms with Crippen LogP contribution in [-0.2, 0) is 6.42 Å². The van der Waals surface area contributed by atoms with Gasteiger partial charge in [0.2, 0.25) is 0 Å². The third-order valence-corrected chi connectivity index (χ3v) is 3.25. The Labute approximate surface area is 111 Å². The third kappa shape index (κ3) is 3.45. The molecule has 0 bridgehead atoms. The molecule has 0 saturated heterocycles. The molecule has 0 N–H and O–H groups in total. The van der Waals surface area contributed by atoms with Gasteiger partial charge in [0, 0.05) is 23.3 Å². The summed E-state index contributed by atoms with van der Waals surface area (Å²) in [7, 11) is 0. The van der Waals surface area contributed by atoms with Crippen molar-refractivity contribution in [1.82, 2.24) is 4.98 Å². The number of aryl methyl sites for hydroxylation is 1. The van der Waals surface area contributed by atoms with Gasteiger partial charge in [-0.15, -0.1) is 11.6 Å². The lowest BCUT2D eigenvalue weighted by Gasteiger charge is -2.09. The van der Waals surface area contributed by atoms with Crippen LogP contribution in [0.15, 0.2) is 42.6 Å². The highest BCUT2D eigenvalue weighted by molar-refractivity contribution is 6.30. The van der Waals surface area contributed by atoms with Crippen molar-refractivity contribution in [3.05, 3.63) is 64.4 Å². The van der Waals surface area contributed by atoms with Crippen LogP contribution in [0.3, 0.4) is 0 Å². The van der Waals surface area contributed by atoms with E-state index in [4.69, 9.17) is 23.2 Å². The van der Waals surface area contributed by atoms with Gasteiger partial charge in [-0.05, 0) is 36.2 Å². The topological polar surface area (TPSA) is 12.9 Å². The van der Waals surface area contributed by atoms with E-state index in [1.54, 1.807) is 0 Å². The smallest absolute Gasteiger partial charge is 0.0640 e. The summed E-state index contributed by atoms with van der Waals surface area (Å²) in [6, 6.07) is 11.7. The predicted molar refractivity (Wildman–Crippen MR) is 72.7 cm³/mol. The SMILES string of the molecule is Cc1ccc(CC(Cl)c2ccc(Cl)cc2)nc1. The summed E-state index contributed by atoms with van der Waals surface area (Å²) in [4.78, 5) is 4.35. The summed E-state index contributed by atoms with van der Waals surface area (Å²) in [5.74, 6) is 0. The molecular formula is C14H13Cl2N. The molecule has 1 aromatic heterocycles. The molecule has 0 saturated carbocycles. The molecule has 1 heterocycles. The maximum Gasteiger partial charge on any atom is 0.0640 e. The molecule has 2 aromatic rings. The third-order valence-electron chi connectivity index (χ3n) is 2.59. The van der Waals surface area contributed by atoms with Crippen LogP contribution in [0.2, 0.25) is 5.02 Å². The minimum Gasteiger partial charge on any atom is -0.261 e. The first kappa shape index (κ1) is 12.4. The molecule has 2 rings (SSSR count). The Bertz CT molecular complexity index is 477. The number of aromatic nitrogens is 1. The molecular weight excluding hydrogens is 253 g/mol. The number of hydrogen-bond acceptors (Lipinski definition) is 1. The van der Waals surface area contributed by atoms with Gasteiger partial charge < -0.3 is 0 Å². The van der Waals surface area contributed by atoms with Crippen LogP contribution in [0.4, 0.5) is 0 Å². The van der Waals surface area contributed by atoms with Crippen LogP contribution in [-0.4, -0.2) is 4.98 Å². The molecule has 0 aliphatic carbocycles.